The van der Waals surface area contributed by atoms with Gasteiger partial charge in [-0.15, -0.1) is 0 Å². The molecule has 1 aromatic heterocycles. The van der Waals surface area contributed by atoms with E-state index < -0.39 is 0 Å². The lowest BCUT2D eigenvalue weighted by molar-refractivity contribution is 0.0424. The van der Waals surface area contributed by atoms with E-state index in [0.29, 0.717) is 19.1 Å². The van der Waals surface area contributed by atoms with Gasteiger partial charge < -0.3 is 5.11 Å². The Labute approximate surface area is 136 Å². The third-order valence-corrected chi connectivity index (χ3v) is 4.49. The minimum absolute atomic E-state index is 0.207. The number of piperazine rings is 1. The average molecular weight is 317 g/mol. The van der Waals surface area contributed by atoms with Crippen molar-refractivity contribution in [1.29, 1.82) is 0 Å². The Morgan fingerprint density at radius 3 is 2.96 bits per heavy atom. The second kappa shape index (κ2) is 6.91. The van der Waals surface area contributed by atoms with E-state index >= 15 is 0 Å². The predicted molar refractivity (Wildman–Crippen MR) is 89.7 cm³/mol. The van der Waals surface area contributed by atoms with Crippen molar-refractivity contribution in [2.75, 3.05) is 26.2 Å². The number of β-amino-alcohol motifs (C(OH)–C–C–N with tert-alkyl or cyclic N) is 1. The molecule has 23 heavy (non-hydrogen) atoms. The highest BCUT2D eigenvalue weighted by molar-refractivity contribution is 5.81. The van der Waals surface area contributed by atoms with E-state index in [1.54, 1.807) is 12.3 Å². The van der Waals surface area contributed by atoms with Crippen LogP contribution in [0.15, 0.2) is 30.5 Å². The molecule has 0 bridgehead atoms. The zero-order valence-corrected chi connectivity index (χ0v) is 13.7. The largest absolute Gasteiger partial charge is 0.392 e. The third-order valence-electron chi connectivity index (χ3n) is 4.49. The van der Waals surface area contributed by atoms with E-state index in [-0.39, 0.29) is 11.9 Å². The number of hydrogen-bond acceptors (Lipinski definition) is 4. The van der Waals surface area contributed by atoms with Crippen molar-refractivity contribution in [3.8, 4) is 0 Å². The van der Waals surface area contributed by atoms with Gasteiger partial charge >= 0.3 is 0 Å². The van der Waals surface area contributed by atoms with Crippen molar-refractivity contribution in [3.05, 3.63) is 41.8 Å². The van der Waals surface area contributed by atoms with Gasteiger partial charge in [0.1, 0.15) is 5.82 Å². The van der Waals surface area contributed by atoms with Crippen molar-refractivity contribution >= 4 is 10.9 Å². The molecule has 0 radical (unpaired) electrons. The van der Waals surface area contributed by atoms with Crippen LogP contribution in [0.2, 0.25) is 0 Å². The van der Waals surface area contributed by atoms with Crippen LogP contribution in [0.25, 0.3) is 10.9 Å². The van der Waals surface area contributed by atoms with Gasteiger partial charge in [-0.05, 0) is 37.6 Å². The van der Waals surface area contributed by atoms with Gasteiger partial charge in [-0.2, -0.15) is 0 Å². The van der Waals surface area contributed by atoms with Crippen LogP contribution in [0.5, 0.6) is 0 Å². The van der Waals surface area contributed by atoms with Gasteiger partial charge in [0.25, 0.3) is 0 Å². The highest BCUT2D eigenvalue weighted by atomic mass is 19.1. The highest BCUT2D eigenvalue weighted by Crippen LogP contribution is 2.21. The van der Waals surface area contributed by atoms with Gasteiger partial charge in [-0.1, -0.05) is 6.07 Å². The Bertz CT molecular complexity index is 676. The van der Waals surface area contributed by atoms with Crippen LogP contribution in [0, 0.1) is 5.82 Å². The molecule has 2 aromatic rings. The molecule has 5 heteroatoms. The number of hydrogen-bond donors (Lipinski definition) is 1. The zero-order valence-electron chi connectivity index (χ0n) is 13.7. The first-order chi connectivity index (χ1) is 11.0. The molecule has 0 saturated carbocycles. The fraction of sp³-hybridized carbons (Fsp3) is 0.500. The van der Waals surface area contributed by atoms with Crippen molar-refractivity contribution < 1.29 is 9.50 Å². The first-order valence-electron chi connectivity index (χ1n) is 8.20. The number of aliphatic hydroxyl groups excluding tert-OH is 1. The Balaban J connectivity index is 1.74. The van der Waals surface area contributed by atoms with Gasteiger partial charge in [0.15, 0.2) is 0 Å². The summed E-state index contributed by atoms with van der Waals surface area (Å²) in [7, 11) is 0. The van der Waals surface area contributed by atoms with Crippen LogP contribution in [0.1, 0.15) is 19.4 Å². The number of fused-ring (bicyclic) bond motifs is 1. The van der Waals surface area contributed by atoms with Crippen LogP contribution < -0.4 is 0 Å². The zero-order chi connectivity index (χ0) is 16.4. The average Bonchev–Trinajstić information content (AvgIpc) is 2.49. The molecule has 4 nitrogen and oxygen atoms in total. The monoisotopic (exact) mass is 317 g/mol. The molecule has 124 valence electrons. The van der Waals surface area contributed by atoms with Gasteiger partial charge in [-0.3, -0.25) is 14.8 Å². The minimum atomic E-state index is -0.305. The molecule has 1 N–H and O–H groups in total. The number of aliphatic hydroxyl groups is 1. The Morgan fingerprint density at radius 1 is 1.39 bits per heavy atom. The van der Waals surface area contributed by atoms with Crippen molar-refractivity contribution in [3.63, 3.8) is 0 Å². The molecule has 1 aromatic carbocycles. The predicted octanol–water partition coefficient (Wildman–Crippen LogP) is 2.26. The highest BCUT2D eigenvalue weighted by Gasteiger charge is 2.24. The maximum atomic E-state index is 13.9. The molecule has 1 aliphatic rings. The molecular weight excluding hydrogens is 293 g/mol. The minimum Gasteiger partial charge on any atom is -0.392 e. The molecule has 2 atom stereocenters. The van der Waals surface area contributed by atoms with E-state index in [1.165, 1.54) is 6.07 Å². The molecule has 2 heterocycles. The van der Waals surface area contributed by atoms with E-state index in [4.69, 9.17) is 0 Å². The second-order valence-corrected chi connectivity index (χ2v) is 6.57. The SMILES string of the molecule is C[C@@H](O)CN1CCN(Cc2cc(F)cc3cccnc23)C[C@@H]1C. The summed E-state index contributed by atoms with van der Waals surface area (Å²) >= 11 is 0. The van der Waals surface area contributed by atoms with E-state index in [9.17, 15) is 9.50 Å². The van der Waals surface area contributed by atoms with E-state index in [1.807, 2.05) is 19.1 Å². The lowest BCUT2D eigenvalue weighted by Crippen LogP contribution is -2.53. The topological polar surface area (TPSA) is 39.6 Å². The maximum absolute atomic E-state index is 13.9. The van der Waals surface area contributed by atoms with Crippen LogP contribution >= 0.6 is 0 Å². The molecule has 0 spiro atoms. The summed E-state index contributed by atoms with van der Waals surface area (Å²) in [5, 5.41) is 10.4. The molecule has 1 aliphatic heterocycles. The molecule has 3 rings (SSSR count). The summed E-state index contributed by atoms with van der Waals surface area (Å²) < 4.78 is 13.9. The number of halogens is 1. The van der Waals surface area contributed by atoms with Crippen molar-refractivity contribution in [2.24, 2.45) is 0 Å². The van der Waals surface area contributed by atoms with E-state index in [2.05, 4.69) is 21.7 Å². The quantitative estimate of drug-likeness (QED) is 0.939. The Hall–Kier alpha value is -1.56. The Morgan fingerprint density at radius 2 is 2.22 bits per heavy atom. The normalized spacial score (nSPS) is 21.7. The molecule has 0 unspecified atom stereocenters. The number of pyridine rings is 1. The van der Waals surface area contributed by atoms with Crippen molar-refractivity contribution in [2.45, 2.75) is 32.5 Å². The summed E-state index contributed by atoms with van der Waals surface area (Å²) in [5.41, 5.74) is 1.82. The van der Waals surface area contributed by atoms with Crippen LogP contribution in [-0.2, 0) is 6.54 Å². The number of rotatable bonds is 4. The van der Waals surface area contributed by atoms with E-state index in [0.717, 1.165) is 36.1 Å². The van der Waals surface area contributed by atoms with Gasteiger partial charge in [0.2, 0.25) is 0 Å². The van der Waals surface area contributed by atoms with Crippen LogP contribution in [0.4, 0.5) is 4.39 Å². The first-order valence-corrected chi connectivity index (χ1v) is 8.20. The standard InChI is InChI=1S/C18H24FN3O/c1-13-10-21(6-7-22(13)11-14(2)23)12-16-9-17(19)8-15-4-3-5-20-18(15)16/h3-5,8-9,13-14,23H,6-7,10-12H2,1-2H3/t13-,14+/m0/s1. The summed E-state index contributed by atoms with van der Waals surface area (Å²) in [4.78, 5) is 9.07. The maximum Gasteiger partial charge on any atom is 0.124 e. The number of aromatic nitrogens is 1. The van der Waals surface area contributed by atoms with Gasteiger partial charge in [-0.25, -0.2) is 4.39 Å². The fourth-order valence-corrected chi connectivity index (χ4v) is 3.41. The molecule has 1 saturated heterocycles. The molecular formula is C18H24FN3O. The lowest BCUT2D eigenvalue weighted by atomic mass is 10.1. The summed E-state index contributed by atoms with van der Waals surface area (Å²) in [6, 6.07) is 7.25. The van der Waals surface area contributed by atoms with Crippen LogP contribution in [0.3, 0.4) is 0 Å². The summed E-state index contributed by atoms with van der Waals surface area (Å²) in [6.07, 6.45) is 1.45. The number of nitrogens with zero attached hydrogens (tertiary/aromatic N) is 3. The van der Waals surface area contributed by atoms with Crippen molar-refractivity contribution in [1.82, 2.24) is 14.8 Å². The van der Waals surface area contributed by atoms with Gasteiger partial charge in [0.05, 0.1) is 11.6 Å². The smallest absolute Gasteiger partial charge is 0.124 e. The second-order valence-electron chi connectivity index (χ2n) is 6.57. The number of benzene rings is 1. The molecule has 1 fully saturated rings. The molecule has 0 amide bonds. The Kier molecular flexibility index (Phi) is 4.90. The van der Waals surface area contributed by atoms with Crippen LogP contribution in [-0.4, -0.2) is 58.2 Å². The first kappa shape index (κ1) is 16.3. The molecule has 0 aliphatic carbocycles. The summed E-state index contributed by atoms with van der Waals surface area (Å²) in [5.74, 6) is -0.207. The van der Waals surface area contributed by atoms with Gasteiger partial charge in [0, 0.05) is 50.3 Å². The fourth-order valence-electron chi connectivity index (χ4n) is 3.41. The third kappa shape index (κ3) is 3.86. The lowest BCUT2D eigenvalue weighted by Gasteiger charge is -2.40. The summed E-state index contributed by atoms with van der Waals surface area (Å²) in [6.45, 7) is 8.17.